The summed E-state index contributed by atoms with van der Waals surface area (Å²) in [6.07, 6.45) is 15.6. The van der Waals surface area contributed by atoms with Gasteiger partial charge in [-0.1, -0.05) is 152 Å². The van der Waals surface area contributed by atoms with E-state index in [0.29, 0.717) is 0 Å². The van der Waals surface area contributed by atoms with Gasteiger partial charge in [-0.15, -0.1) is 0 Å². The number of hydrogen-bond donors (Lipinski definition) is 0. The fourth-order valence-corrected chi connectivity index (χ4v) is 9.56. The fourth-order valence-electron chi connectivity index (χ4n) is 9.56. The highest BCUT2D eigenvalue weighted by molar-refractivity contribution is 6.10. The Morgan fingerprint density at radius 3 is 1.73 bits per heavy atom. The molecule has 62 heavy (non-hydrogen) atoms. The van der Waals surface area contributed by atoms with Gasteiger partial charge >= 0.3 is 0 Å². The molecule has 0 saturated heterocycles. The normalized spacial score (nSPS) is 13.5. The van der Waals surface area contributed by atoms with Crippen LogP contribution in [0.3, 0.4) is 0 Å². The van der Waals surface area contributed by atoms with Gasteiger partial charge < -0.3 is 9.13 Å². The first-order valence-corrected chi connectivity index (χ1v) is 21.7. The maximum absolute atomic E-state index is 5.17. The van der Waals surface area contributed by atoms with E-state index >= 15 is 0 Å². The van der Waals surface area contributed by atoms with Crippen LogP contribution in [-0.4, -0.2) is 19.1 Å². The first-order chi connectivity index (χ1) is 30.7. The van der Waals surface area contributed by atoms with Crippen LogP contribution in [0, 0.1) is 0 Å². The lowest BCUT2D eigenvalue weighted by Gasteiger charge is -2.13. The Labute approximate surface area is 360 Å². The third kappa shape index (κ3) is 6.22. The third-order valence-electron chi connectivity index (χ3n) is 12.6. The molecule has 7 aromatic carbocycles. The van der Waals surface area contributed by atoms with Crippen LogP contribution in [0.25, 0.3) is 107 Å². The molecule has 0 unspecified atom stereocenters. The number of nitrogens with zero attached hydrogens (tertiary/aromatic N) is 4. The zero-order valence-electron chi connectivity index (χ0n) is 34.2. The Balaban J connectivity index is 0.933. The summed E-state index contributed by atoms with van der Waals surface area (Å²) in [7, 11) is 0. The molecule has 0 saturated carbocycles. The van der Waals surface area contributed by atoms with Crippen LogP contribution < -0.4 is 10.6 Å². The molecule has 3 heterocycles. The zero-order chi connectivity index (χ0) is 41.0. The summed E-state index contributed by atoms with van der Waals surface area (Å²) in [5.74, 6) is 0.761. The second-order valence-corrected chi connectivity index (χ2v) is 16.4. The van der Waals surface area contributed by atoms with Crippen molar-refractivity contribution in [1.29, 1.82) is 0 Å². The Morgan fingerprint density at radius 1 is 0.371 bits per heavy atom. The largest absolute Gasteiger partial charge is 0.310 e. The molecule has 4 nitrogen and oxygen atoms in total. The van der Waals surface area contributed by atoms with E-state index < -0.39 is 0 Å². The van der Waals surface area contributed by atoms with Gasteiger partial charge in [0.05, 0.1) is 27.9 Å². The second kappa shape index (κ2) is 15.0. The molecule has 12 rings (SSSR count). The lowest BCUT2D eigenvalue weighted by molar-refractivity contribution is 1.02. The zero-order valence-corrected chi connectivity index (χ0v) is 34.2. The summed E-state index contributed by atoms with van der Waals surface area (Å²) in [6, 6.07) is 63.7. The van der Waals surface area contributed by atoms with Crippen molar-refractivity contribution in [2.45, 2.75) is 25.7 Å². The van der Waals surface area contributed by atoms with Crippen LogP contribution in [0.5, 0.6) is 0 Å². The van der Waals surface area contributed by atoms with Gasteiger partial charge in [-0.2, -0.15) is 0 Å². The number of hydrogen-bond acceptors (Lipinski definition) is 2. The van der Waals surface area contributed by atoms with Crippen LogP contribution in [0.15, 0.2) is 194 Å². The standard InChI is InChI=1S/C58H42N4/c1-4-14-39(15-5-1)40-24-26-41(27-25-40)52-38-53(60-58(59-52)43-16-6-2-7-17-43)42-28-32-47(33-29-42)61-55-23-13-11-21-49(55)51-36-44(31-35-56(51)61)45-30-34-50-48-20-10-12-22-54(48)62(57(50)37-45)46-18-8-3-9-19-46/h1,3-6,8-10,12,14-38H,2,7,11,13H2. The van der Waals surface area contributed by atoms with Crippen molar-refractivity contribution in [2.24, 2.45) is 0 Å². The summed E-state index contributed by atoms with van der Waals surface area (Å²) in [6.45, 7) is 0. The number of rotatable bonds is 7. The first kappa shape index (κ1) is 36.1. The molecule has 0 N–H and O–H groups in total. The monoisotopic (exact) mass is 794 g/mol. The Bertz CT molecular complexity index is 3530. The fraction of sp³-hybridized carbons (Fsp3) is 0.0690. The van der Waals surface area contributed by atoms with Crippen LogP contribution >= 0.6 is 0 Å². The highest BCUT2D eigenvalue weighted by atomic mass is 15.0. The van der Waals surface area contributed by atoms with Gasteiger partial charge in [0, 0.05) is 54.8 Å². The van der Waals surface area contributed by atoms with E-state index in [1.165, 1.54) is 71.2 Å². The summed E-state index contributed by atoms with van der Waals surface area (Å²) in [4.78, 5) is 10.3. The van der Waals surface area contributed by atoms with Gasteiger partial charge in [0.15, 0.2) is 5.82 Å². The smallest absolute Gasteiger partial charge is 0.160 e. The molecular weight excluding hydrogens is 753 g/mol. The second-order valence-electron chi connectivity index (χ2n) is 16.4. The quantitative estimate of drug-likeness (QED) is 0.161. The minimum absolute atomic E-state index is 0.761. The van der Waals surface area contributed by atoms with Gasteiger partial charge in [-0.05, 0) is 103 Å². The highest BCUT2D eigenvalue weighted by Crippen LogP contribution is 2.36. The summed E-state index contributed by atoms with van der Waals surface area (Å²) >= 11 is 0. The van der Waals surface area contributed by atoms with Crippen LogP contribution in [-0.2, 0) is 0 Å². The topological polar surface area (TPSA) is 35.6 Å². The van der Waals surface area contributed by atoms with Gasteiger partial charge in [-0.3, -0.25) is 0 Å². The van der Waals surface area contributed by atoms with Gasteiger partial charge in [0.1, 0.15) is 0 Å². The Kier molecular flexibility index (Phi) is 8.74. The van der Waals surface area contributed by atoms with E-state index in [0.717, 1.165) is 65.3 Å². The van der Waals surface area contributed by atoms with Crippen LogP contribution in [0.2, 0.25) is 0 Å². The van der Waals surface area contributed by atoms with E-state index in [-0.39, 0.29) is 0 Å². The Hall–Kier alpha value is -7.82. The molecular formula is C58H42N4. The lowest BCUT2D eigenvalue weighted by Crippen LogP contribution is -2.30. The van der Waals surface area contributed by atoms with E-state index in [1.54, 1.807) is 0 Å². The van der Waals surface area contributed by atoms with Crippen molar-refractivity contribution in [3.63, 3.8) is 0 Å². The summed E-state index contributed by atoms with van der Waals surface area (Å²) in [5, 5.41) is 6.38. The van der Waals surface area contributed by atoms with Crippen molar-refractivity contribution in [3.8, 4) is 56.1 Å². The summed E-state index contributed by atoms with van der Waals surface area (Å²) in [5.41, 5.74) is 15.8. The highest BCUT2D eigenvalue weighted by Gasteiger charge is 2.17. The van der Waals surface area contributed by atoms with Gasteiger partial charge in [-0.25, -0.2) is 9.97 Å². The van der Waals surface area contributed by atoms with Crippen molar-refractivity contribution in [3.05, 3.63) is 211 Å². The van der Waals surface area contributed by atoms with Crippen LogP contribution in [0.4, 0.5) is 0 Å². The third-order valence-corrected chi connectivity index (χ3v) is 12.6. The minimum Gasteiger partial charge on any atom is -0.310 e. The molecule has 10 aromatic rings. The predicted molar refractivity (Wildman–Crippen MR) is 259 cm³/mol. The number of fused-ring (bicyclic) bond motifs is 6. The maximum Gasteiger partial charge on any atom is 0.160 e. The molecule has 4 heteroatoms. The van der Waals surface area contributed by atoms with Crippen molar-refractivity contribution in [1.82, 2.24) is 19.1 Å². The van der Waals surface area contributed by atoms with Crippen molar-refractivity contribution < 1.29 is 0 Å². The molecule has 2 aliphatic rings. The SMILES string of the molecule is C1=CC(c2nc(-c3ccc(-c4ccccc4)cc3)cc(-c3ccc(-n4c5c(c6cc(-c7ccc8c9ccccc9n(-c9ccccc9)c8c7)ccc64)=CCCC=5)cc3)n2)=CCC1. The number of aromatic nitrogens is 4. The lowest BCUT2D eigenvalue weighted by atomic mass is 10.0. The van der Waals surface area contributed by atoms with E-state index in [9.17, 15) is 0 Å². The van der Waals surface area contributed by atoms with Crippen LogP contribution in [0.1, 0.15) is 31.5 Å². The molecule has 0 aliphatic heterocycles. The van der Waals surface area contributed by atoms with Gasteiger partial charge in [0.25, 0.3) is 0 Å². The van der Waals surface area contributed by atoms with E-state index in [4.69, 9.17) is 9.97 Å². The number of benzene rings is 7. The van der Waals surface area contributed by atoms with E-state index in [1.807, 2.05) is 0 Å². The molecule has 3 aromatic heterocycles. The maximum atomic E-state index is 5.17. The molecule has 294 valence electrons. The molecule has 0 radical (unpaired) electrons. The number of para-hydroxylation sites is 2. The Morgan fingerprint density at radius 2 is 0.952 bits per heavy atom. The molecule has 0 fully saturated rings. The van der Waals surface area contributed by atoms with Gasteiger partial charge in [0.2, 0.25) is 0 Å². The molecule has 2 aliphatic carbocycles. The molecule has 0 bridgehead atoms. The average molecular weight is 795 g/mol. The average Bonchev–Trinajstić information content (AvgIpc) is 3.87. The predicted octanol–water partition coefficient (Wildman–Crippen LogP) is 13.3. The van der Waals surface area contributed by atoms with Crippen molar-refractivity contribution >= 4 is 50.4 Å². The first-order valence-electron chi connectivity index (χ1n) is 21.7. The molecule has 0 spiro atoms. The number of allylic oxidation sites excluding steroid dienone is 4. The minimum atomic E-state index is 0.761. The van der Waals surface area contributed by atoms with E-state index in [2.05, 4.69) is 215 Å². The summed E-state index contributed by atoms with van der Waals surface area (Å²) < 4.78 is 4.83. The molecule has 0 amide bonds. The van der Waals surface area contributed by atoms with Crippen molar-refractivity contribution in [2.75, 3.05) is 0 Å². The molecule has 0 atom stereocenters.